The normalized spacial score (nSPS) is 11.1. The number of methoxy groups -OCH3 is 1. The van der Waals surface area contributed by atoms with Crippen LogP contribution >= 0.6 is 0 Å². The molecule has 0 saturated carbocycles. The summed E-state index contributed by atoms with van der Waals surface area (Å²) < 4.78 is 4.20. The van der Waals surface area contributed by atoms with Crippen molar-refractivity contribution >= 4 is 28.8 Å². The van der Waals surface area contributed by atoms with E-state index in [4.69, 9.17) is 20.8 Å². The summed E-state index contributed by atoms with van der Waals surface area (Å²) in [6, 6.07) is 42.0. The van der Waals surface area contributed by atoms with Crippen LogP contribution < -0.4 is 0 Å². The monoisotopic (exact) mass is 705 g/mol. The van der Waals surface area contributed by atoms with Gasteiger partial charge in [0.05, 0.1) is 7.11 Å². The third-order valence-electron chi connectivity index (χ3n) is 6.04. The van der Waals surface area contributed by atoms with E-state index in [-0.39, 0.29) is 52.0 Å². The molecule has 1 radical (unpaired) electrons. The van der Waals surface area contributed by atoms with Crippen molar-refractivity contribution in [3.8, 4) is 0 Å². The maximum Gasteiger partial charge on any atom is 0.275 e. The van der Waals surface area contributed by atoms with Crippen LogP contribution in [0.4, 0.5) is 0 Å². The smallest absolute Gasteiger partial charge is 0.275 e. The summed E-state index contributed by atoms with van der Waals surface area (Å²) in [6.45, 7) is 3.28. The number of carbonyl (C=O) groups is 1. The molecule has 12 heteroatoms. The Labute approximate surface area is 295 Å². The molecule has 1 aromatic heterocycles. The van der Waals surface area contributed by atoms with Crippen molar-refractivity contribution in [2.75, 3.05) is 7.11 Å². The zero-order valence-electron chi connectivity index (χ0n) is 26.5. The SMILES string of the molecule is O/N=C(/C(=N/O)c1ccccc1)c1ccccc1.O/N=C(/C(=N/O)c1ccccc1)c1ccccc1.[CH2-]CC(=O)OC.[Co].c1ccncc1. The van der Waals surface area contributed by atoms with E-state index in [1.165, 1.54) is 7.11 Å². The van der Waals surface area contributed by atoms with Gasteiger partial charge in [-0.25, -0.2) is 0 Å². The van der Waals surface area contributed by atoms with Crippen LogP contribution in [0.5, 0.6) is 0 Å². The first kappa shape index (κ1) is 40.9. The van der Waals surface area contributed by atoms with E-state index in [2.05, 4.69) is 37.3 Å². The van der Waals surface area contributed by atoms with Crippen molar-refractivity contribution in [3.05, 3.63) is 181 Å². The summed E-state index contributed by atoms with van der Waals surface area (Å²) in [5.41, 5.74) is 3.61. The molecular weight excluding hydrogens is 669 g/mol. The fraction of sp³-hybridized carbons (Fsp3) is 0.0541. The van der Waals surface area contributed by atoms with Crippen molar-refractivity contribution in [2.45, 2.75) is 6.42 Å². The van der Waals surface area contributed by atoms with Gasteiger partial charge in [0, 0.05) is 51.4 Å². The van der Waals surface area contributed by atoms with Gasteiger partial charge in [0.15, 0.2) is 0 Å². The Hall–Kier alpha value is -6.11. The Balaban J connectivity index is 0.000000363. The predicted molar refractivity (Wildman–Crippen MR) is 185 cm³/mol. The average Bonchev–Trinajstić information content (AvgIpc) is 3.18. The molecule has 0 spiro atoms. The Morgan fingerprint density at radius 3 is 0.898 bits per heavy atom. The zero-order chi connectivity index (χ0) is 34.8. The molecule has 49 heavy (non-hydrogen) atoms. The van der Waals surface area contributed by atoms with Crippen molar-refractivity contribution in [2.24, 2.45) is 20.6 Å². The summed E-state index contributed by atoms with van der Waals surface area (Å²) in [7, 11) is 1.34. The average molecular weight is 706 g/mol. The first-order valence-electron chi connectivity index (χ1n) is 14.4. The summed E-state index contributed by atoms with van der Waals surface area (Å²) in [6.07, 6.45) is 3.72. The second-order valence-corrected chi connectivity index (χ2v) is 9.11. The number of pyridine rings is 1. The maximum absolute atomic E-state index is 9.90. The third-order valence-corrected chi connectivity index (χ3v) is 6.04. The summed E-state index contributed by atoms with van der Waals surface area (Å²) >= 11 is 0. The van der Waals surface area contributed by atoms with E-state index in [1.807, 2.05) is 91.0 Å². The number of hydrogen-bond donors (Lipinski definition) is 4. The van der Waals surface area contributed by atoms with Gasteiger partial charge in [0.2, 0.25) is 0 Å². The van der Waals surface area contributed by atoms with Gasteiger partial charge in [-0.3, -0.25) is 9.78 Å². The van der Waals surface area contributed by atoms with Crippen LogP contribution in [0.2, 0.25) is 0 Å². The maximum atomic E-state index is 9.90. The largest absolute Gasteiger partial charge is 0.471 e. The van der Waals surface area contributed by atoms with E-state index in [0.29, 0.717) is 22.3 Å². The second-order valence-electron chi connectivity index (χ2n) is 9.11. The van der Waals surface area contributed by atoms with E-state index in [9.17, 15) is 4.79 Å². The Morgan fingerprint density at radius 2 is 0.776 bits per heavy atom. The first-order chi connectivity index (χ1) is 23.5. The van der Waals surface area contributed by atoms with Gasteiger partial charge in [0.1, 0.15) is 22.8 Å². The second kappa shape index (κ2) is 25.0. The number of hydrogen-bond acceptors (Lipinski definition) is 11. The molecule has 0 aliphatic rings. The van der Waals surface area contributed by atoms with Gasteiger partial charge in [-0.1, -0.05) is 154 Å². The molecule has 11 nitrogen and oxygen atoms in total. The number of nitrogens with zero attached hydrogens (tertiary/aromatic N) is 5. The molecule has 5 rings (SSSR count). The molecule has 0 atom stereocenters. The van der Waals surface area contributed by atoms with Crippen LogP contribution in [-0.2, 0) is 26.3 Å². The van der Waals surface area contributed by atoms with Crippen LogP contribution in [0.15, 0.2) is 173 Å². The number of benzene rings is 4. The molecule has 0 aliphatic heterocycles. The molecule has 5 aromatic rings. The minimum atomic E-state index is -0.269. The van der Waals surface area contributed by atoms with Gasteiger partial charge < -0.3 is 32.5 Å². The Kier molecular flexibility index (Phi) is 20.9. The first-order valence-corrected chi connectivity index (χ1v) is 14.4. The molecule has 0 aliphatic carbocycles. The van der Waals surface area contributed by atoms with Gasteiger partial charge in [-0.15, -0.1) is 0 Å². The quantitative estimate of drug-likeness (QED) is 0.0467. The summed E-state index contributed by atoms with van der Waals surface area (Å²) in [5.74, 6) is -0.269. The molecule has 4 aromatic carbocycles. The predicted octanol–water partition coefficient (Wildman–Crippen LogP) is 6.95. The van der Waals surface area contributed by atoms with Crippen LogP contribution in [0.1, 0.15) is 28.7 Å². The fourth-order valence-electron chi connectivity index (χ4n) is 3.77. The van der Waals surface area contributed by atoms with Gasteiger partial charge in [-0.2, -0.15) is 0 Å². The number of esters is 1. The van der Waals surface area contributed by atoms with E-state index in [1.54, 1.807) is 60.9 Å². The van der Waals surface area contributed by atoms with Gasteiger partial charge in [-0.05, 0) is 12.1 Å². The zero-order valence-corrected chi connectivity index (χ0v) is 27.6. The third kappa shape index (κ3) is 14.5. The minimum absolute atomic E-state index is 0. The Morgan fingerprint density at radius 1 is 0.531 bits per heavy atom. The van der Waals surface area contributed by atoms with Crippen LogP contribution in [-0.4, -0.2) is 61.7 Å². The van der Waals surface area contributed by atoms with E-state index in [0.717, 1.165) is 0 Å². The molecule has 0 saturated heterocycles. The number of oxime groups is 4. The Bertz CT molecular complexity index is 1480. The molecule has 0 unspecified atom stereocenters. The van der Waals surface area contributed by atoms with Gasteiger partial charge in [0.25, 0.3) is 5.97 Å². The van der Waals surface area contributed by atoms with Crippen molar-refractivity contribution in [1.82, 2.24) is 4.98 Å². The molecule has 1 heterocycles. The van der Waals surface area contributed by atoms with Crippen LogP contribution in [0, 0.1) is 6.92 Å². The van der Waals surface area contributed by atoms with Crippen molar-refractivity contribution < 1.29 is 47.1 Å². The summed E-state index contributed by atoms with van der Waals surface area (Å²) in [5, 5.41) is 49.5. The number of ether oxygens (including phenoxy) is 1. The minimum Gasteiger partial charge on any atom is -0.471 e. The van der Waals surface area contributed by atoms with Crippen LogP contribution in [0.3, 0.4) is 0 Å². The molecule has 0 bridgehead atoms. The number of aromatic nitrogens is 1. The number of rotatable bonds is 7. The van der Waals surface area contributed by atoms with Crippen molar-refractivity contribution in [3.63, 3.8) is 0 Å². The topological polar surface area (TPSA) is 170 Å². The van der Waals surface area contributed by atoms with Crippen LogP contribution in [0.25, 0.3) is 0 Å². The fourth-order valence-corrected chi connectivity index (χ4v) is 3.77. The molecule has 0 fully saturated rings. The summed E-state index contributed by atoms with van der Waals surface area (Å²) in [4.78, 5) is 13.7. The molecule has 4 N–H and O–H groups in total. The molecular formula is C37H36CoN5O6-. The van der Waals surface area contributed by atoms with E-state index < -0.39 is 0 Å². The van der Waals surface area contributed by atoms with Gasteiger partial charge >= 0.3 is 0 Å². The molecule has 255 valence electrons. The van der Waals surface area contributed by atoms with E-state index >= 15 is 0 Å². The molecule has 0 amide bonds. The van der Waals surface area contributed by atoms with Crippen molar-refractivity contribution in [1.29, 1.82) is 0 Å². The number of carbonyl (C=O) groups excluding carboxylic acids is 1. The standard InChI is InChI=1S/2C14H12N2O2.C5H5N.C4H7O2.Co/c2*17-15-13(11-7-3-1-4-8-11)14(16-18)12-9-5-2-6-10-12;1-2-4-6-5-3-1;1-3-4(5)6-2;/h2*1-10,17-18H;1-5H;1,3H2,2H3;/q;;;-1;/b2*15-13+,16-14+;;;.